The first-order valence-corrected chi connectivity index (χ1v) is 4.67. The Kier molecular flexibility index (Phi) is 3.92. The first-order valence-electron chi connectivity index (χ1n) is 3.79. The number of hydrogen-bond donors (Lipinski definition) is 1. The van der Waals surface area contributed by atoms with Crippen LogP contribution in [-0.4, -0.2) is 16.7 Å². The lowest BCUT2D eigenvalue weighted by Crippen LogP contribution is -2.34. The number of hydrogen-bond acceptors (Lipinski definition) is 2. The van der Waals surface area contributed by atoms with E-state index in [4.69, 9.17) is 23.2 Å². The van der Waals surface area contributed by atoms with E-state index in [-0.39, 0.29) is 0 Å². The molecule has 3 nitrogen and oxygen atoms in total. The lowest BCUT2D eigenvalue weighted by molar-refractivity contribution is -0.118. The Balaban J connectivity index is 2.65. The summed E-state index contributed by atoms with van der Waals surface area (Å²) in [6.45, 7) is 0. The quantitative estimate of drug-likeness (QED) is 0.789. The van der Waals surface area contributed by atoms with Crippen molar-refractivity contribution in [1.82, 2.24) is 5.32 Å². The fourth-order valence-corrected chi connectivity index (χ4v) is 0.937. The molecule has 5 heteroatoms. The largest absolute Gasteiger partial charge is 0.290 e. The summed E-state index contributed by atoms with van der Waals surface area (Å²) >= 11 is 10.5. The van der Waals surface area contributed by atoms with Crippen LogP contribution in [0.1, 0.15) is 10.4 Å². The Hall–Kier alpha value is -1.06. The van der Waals surface area contributed by atoms with E-state index < -0.39 is 16.7 Å². The Morgan fingerprint density at radius 3 is 2.21 bits per heavy atom. The van der Waals surface area contributed by atoms with Gasteiger partial charge in [-0.15, -0.1) is 0 Å². The molecule has 0 aliphatic carbocycles. The van der Waals surface area contributed by atoms with Gasteiger partial charge in [0, 0.05) is 5.56 Å². The summed E-state index contributed by atoms with van der Waals surface area (Å²) in [7, 11) is 0. The predicted octanol–water partition coefficient (Wildman–Crippen LogP) is 1.75. The van der Waals surface area contributed by atoms with Crippen LogP contribution in [0.2, 0.25) is 0 Å². The number of carbonyl (C=O) groups excluding carboxylic acids is 2. The number of carbonyl (C=O) groups is 2. The average Bonchev–Trinajstić information content (AvgIpc) is 2.19. The predicted molar refractivity (Wildman–Crippen MR) is 54.4 cm³/mol. The second-order valence-electron chi connectivity index (χ2n) is 2.49. The van der Waals surface area contributed by atoms with Gasteiger partial charge in [0.2, 0.25) is 0 Å². The van der Waals surface area contributed by atoms with Gasteiger partial charge >= 0.3 is 0 Å². The molecule has 0 heterocycles. The van der Waals surface area contributed by atoms with E-state index in [1.165, 1.54) is 0 Å². The van der Waals surface area contributed by atoms with Crippen LogP contribution < -0.4 is 5.32 Å². The summed E-state index contributed by atoms with van der Waals surface area (Å²) in [5.41, 5.74) is 0.384. The average molecular weight is 232 g/mol. The normalized spacial score (nSPS) is 9.93. The molecule has 14 heavy (non-hydrogen) atoms. The fraction of sp³-hybridized carbons (Fsp3) is 0.111. The third-order valence-corrected chi connectivity index (χ3v) is 1.87. The van der Waals surface area contributed by atoms with E-state index in [9.17, 15) is 9.59 Å². The van der Waals surface area contributed by atoms with Crippen LogP contribution in [0, 0.1) is 0 Å². The maximum atomic E-state index is 11.3. The molecule has 0 aliphatic heterocycles. The van der Waals surface area contributed by atoms with Crippen molar-refractivity contribution in [1.29, 1.82) is 0 Å². The number of benzene rings is 1. The number of alkyl halides is 2. The molecule has 74 valence electrons. The standard InChI is InChI=1S/C9H7Cl2NO2/c10-7(11)9(14)12-8(13)6-4-2-1-3-5-6/h1-5,7H,(H,12,13,14). The van der Waals surface area contributed by atoms with Crippen molar-refractivity contribution < 1.29 is 9.59 Å². The minimum Gasteiger partial charge on any atom is -0.290 e. The first kappa shape index (κ1) is 11.0. The minimum atomic E-state index is -1.23. The van der Waals surface area contributed by atoms with Crippen molar-refractivity contribution >= 4 is 35.0 Å². The molecule has 0 aromatic heterocycles. The summed E-state index contributed by atoms with van der Waals surface area (Å²) < 4.78 is 0. The van der Waals surface area contributed by atoms with Gasteiger partial charge in [0.1, 0.15) is 0 Å². The van der Waals surface area contributed by atoms with Crippen molar-refractivity contribution in [2.24, 2.45) is 0 Å². The Morgan fingerprint density at radius 2 is 1.71 bits per heavy atom. The highest BCUT2D eigenvalue weighted by Gasteiger charge is 2.15. The SMILES string of the molecule is O=C(NC(=O)C(Cl)Cl)c1ccccc1. The smallest absolute Gasteiger partial charge is 0.260 e. The van der Waals surface area contributed by atoms with Crippen LogP contribution in [0.25, 0.3) is 0 Å². The lowest BCUT2D eigenvalue weighted by Gasteiger charge is -2.03. The molecule has 0 bridgehead atoms. The Morgan fingerprint density at radius 1 is 1.14 bits per heavy atom. The van der Waals surface area contributed by atoms with Crippen LogP contribution in [0.5, 0.6) is 0 Å². The van der Waals surface area contributed by atoms with Crippen LogP contribution in [0.3, 0.4) is 0 Å². The monoisotopic (exact) mass is 231 g/mol. The van der Waals surface area contributed by atoms with Gasteiger partial charge < -0.3 is 0 Å². The third-order valence-electron chi connectivity index (χ3n) is 1.47. The number of rotatable bonds is 2. The van der Waals surface area contributed by atoms with Crippen molar-refractivity contribution in [2.45, 2.75) is 4.84 Å². The van der Waals surface area contributed by atoms with Gasteiger partial charge in [-0.2, -0.15) is 0 Å². The zero-order valence-corrected chi connectivity index (χ0v) is 8.55. The number of nitrogens with one attached hydrogen (secondary N) is 1. The van der Waals surface area contributed by atoms with Crippen LogP contribution in [0.15, 0.2) is 30.3 Å². The molecule has 0 unspecified atom stereocenters. The highest BCUT2D eigenvalue weighted by atomic mass is 35.5. The van der Waals surface area contributed by atoms with Gasteiger partial charge in [-0.3, -0.25) is 14.9 Å². The molecule has 0 aliphatic rings. The van der Waals surface area contributed by atoms with Gasteiger partial charge in [0.25, 0.3) is 11.8 Å². The zero-order chi connectivity index (χ0) is 10.6. The topological polar surface area (TPSA) is 46.2 Å². The van der Waals surface area contributed by atoms with E-state index in [2.05, 4.69) is 5.32 Å². The molecule has 1 rings (SSSR count). The molecule has 1 aromatic rings. The molecule has 0 saturated carbocycles. The molecule has 0 spiro atoms. The molecule has 0 fully saturated rings. The van der Waals surface area contributed by atoms with Crippen LogP contribution in [-0.2, 0) is 4.79 Å². The summed E-state index contributed by atoms with van der Waals surface area (Å²) in [5, 5.41) is 2.05. The molecule has 0 saturated heterocycles. The van der Waals surface area contributed by atoms with Crippen LogP contribution in [0.4, 0.5) is 0 Å². The number of amides is 2. The molecule has 0 radical (unpaired) electrons. The van der Waals surface area contributed by atoms with E-state index >= 15 is 0 Å². The molecule has 0 atom stereocenters. The highest BCUT2D eigenvalue weighted by molar-refractivity contribution is 6.54. The second-order valence-corrected chi connectivity index (χ2v) is 3.58. The van der Waals surface area contributed by atoms with Crippen molar-refractivity contribution in [3.63, 3.8) is 0 Å². The van der Waals surface area contributed by atoms with E-state index in [1.54, 1.807) is 30.3 Å². The van der Waals surface area contributed by atoms with E-state index in [0.29, 0.717) is 5.56 Å². The van der Waals surface area contributed by atoms with Gasteiger partial charge in [-0.1, -0.05) is 41.4 Å². The molecular formula is C9H7Cl2NO2. The van der Waals surface area contributed by atoms with Crippen molar-refractivity contribution in [3.8, 4) is 0 Å². The molecular weight excluding hydrogens is 225 g/mol. The minimum absolute atomic E-state index is 0.384. The van der Waals surface area contributed by atoms with Gasteiger partial charge in [-0.05, 0) is 12.1 Å². The Bertz CT molecular complexity index is 338. The second kappa shape index (κ2) is 4.98. The molecule has 1 aromatic carbocycles. The lowest BCUT2D eigenvalue weighted by atomic mass is 10.2. The number of imide groups is 1. The Labute approximate surface area is 91.0 Å². The summed E-state index contributed by atoms with van der Waals surface area (Å²) in [6, 6.07) is 8.32. The first-order chi connectivity index (χ1) is 6.61. The van der Waals surface area contributed by atoms with Crippen LogP contribution >= 0.6 is 23.2 Å². The van der Waals surface area contributed by atoms with Gasteiger partial charge in [0.15, 0.2) is 4.84 Å². The maximum Gasteiger partial charge on any atom is 0.260 e. The van der Waals surface area contributed by atoms with E-state index in [0.717, 1.165) is 0 Å². The third kappa shape index (κ3) is 3.01. The maximum absolute atomic E-state index is 11.3. The number of halogens is 2. The van der Waals surface area contributed by atoms with Crippen molar-refractivity contribution in [2.75, 3.05) is 0 Å². The summed E-state index contributed by atoms with van der Waals surface area (Å²) in [5.74, 6) is -1.23. The molecule has 1 N–H and O–H groups in total. The van der Waals surface area contributed by atoms with Gasteiger partial charge in [-0.25, -0.2) is 0 Å². The summed E-state index contributed by atoms with van der Waals surface area (Å²) in [6.07, 6.45) is 0. The molecule has 2 amide bonds. The van der Waals surface area contributed by atoms with Gasteiger partial charge in [0.05, 0.1) is 0 Å². The zero-order valence-electron chi connectivity index (χ0n) is 7.04. The summed E-state index contributed by atoms with van der Waals surface area (Å²) in [4.78, 5) is 21.0. The highest BCUT2D eigenvalue weighted by Crippen LogP contribution is 2.02. The van der Waals surface area contributed by atoms with Crippen molar-refractivity contribution in [3.05, 3.63) is 35.9 Å². The van der Waals surface area contributed by atoms with E-state index in [1.807, 2.05) is 0 Å². The fourth-order valence-electron chi connectivity index (χ4n) is 0.828.